The van der Waals surface area contributed by atoms with Gasteiger partial charge >= 0.3 is 0 Å². The Morgan fingerprint density at radius 2 is 1.88 bits per heavy atom. The summed E-state index contributed by atoms with van der Waals surface area (Å²) >= 11 is 0. The molecule has 0 bridgehead atoms. The molecule has 0 aliphatic heterocycles. The summed E-state index contributed by atoms with van der Waals surface area (Å²) in [4.78, 5) is 12.3. The Bertz CT molecular complexity index is 1040. The van der Waals surface area contributed by atoms with Gasteiger partial charge in [-0.25, -0.2) is 0 Å². The van der Waals surface area contributed by atoms with Crippen molar-refractivity contribution in [3.05, 3.63) is 59.5 Å². The van der Waals surface area contributed by atoms with E-state index in [0.717, 1.165) is 38.9 Å². The van der Waals surface area contributed by atoms with Gasteiger partial charge in [0.05, 0.1) is 12.1 Å². The summed E-state index contributed by atoms with van der Waals surface area (Å²) in [6.45, 7) is 3.65. The van der Waals surface area contributed by atoms with E-state index in [0.29, 0.717) is 5.76 Å². The van der Waals surface area contributed by atoms with Crippen LogP contribution in [0.15, 0.2) is 51.4 Å². The topological polar surface area (TPSA) is 68.3 Å². The monoisotopic (exact) mass is 320 g/mol. The Morgan fingerprint density at radius 1 is 1.08 bits per heavy atom. The van der Waals surface area contributed by atoms with Crippen molar-refractivity contribution < 1.29 is 13.7 Å². The molecule has 2 aromatic carbocycles. The summed E-state index contributed by atoms with van der Waals surface area (Å²) in [7, 11) is 0. The number of hydrogen-bond donors (Lipinski definition) is 1. The average Bonchev–Trinajstić information content (AvgIpc) is 3.09. The van der Waals surface area contributed by atoms with Gasteiger partial charge in [0.25, 0.3) is 0 Å². The van der Waals surface area contributed by atoms with Crippen LogP contribution in [0.1, 0.15) is 17.0 Å². The molecule has 24 heavy (non-hydrogen) atoms. The highest BCUT2D eigenvalue weighted by atomic mass is 16.5. The number of fused-ring (bicyclic) bond motifs is 3. The van der Waals surface area contributed by atoms with E-state index < -0.39 is 0 Å². The lowest BCUT2D eigenvalue weighted by Gasteiger charge is -2.05. The van der Waals surface area contributed by atoms with Crippen molar-refractivity contribution in [2.75, 3.05) is 5.32 Å². The van der Waals surface area contributed by atoms with Crippen LogP contribution >= 0.6 is 0 Å². The second-order valence-corrected chi connectivity index (χ2v) is 5.84. The molecule has 1 N–H and O–H groups in total. The fraction of sp³-hybridized carbons (Fsp3) is 0.158. The number of aryl methyl sites for hydroxylation is 2. The molecule has 0 saturated carbocycles. The predicted octanol–water partition coefficient (Wildman–Crippen LogP) is 4.37. The minimum Gasteiger partial charge on any atom is -0.456 e. The van der Waals surface area contributed by atoms with Crippen LogP contribution in [0.4, 0.5) is 5.69 Å². The van der Waals surface area contributed by atoms with Gasteiger partial charge in [0.15, 0.2) is 0 Å². The maximum Gasteiger partial charge on any atom is 0.228 e. The molecule has 5 heteroatoms. The van der Waals surface area contributed by atoms with Crippen LogP contribution in [-0.4, -0.2) is 11.1 Å². The SMILES string of the molecule is Cc1noc(C)c1CC(=O)Nc1ccc2oc3ccccc3c2c1. The van der Waals surface area contributed by atoms with Gasteiger partial charge in [-0.05, 0) is 38.1 Å². The van der Waals surface area contributed by atoms with E-state index in [1.165, 1.54) is 0 Å². The van der Waals surface area contributed by atoms with Crippen molar-refractivity contribution in [1.82, 2.24) is 5.16 Å². The highest BCUT2D eigenvalue weighted by Gasteiger charge is 2.14. The Labute approximate surface area is 138 Å². The summed E-state index contributed by atoms with van der Waals surface area (Å²) in [5, 5.41) is 8.83. The first-order valence-electron chi connectivity index (χ1n) is 7.75. The first-order chi connectivity index (χ1) is 11.6. The maximum atomic E-state index is 12.3. The summed E-state index contributed by atoms with van der Waals surface area (Å²) in [5.74, 6) is 0.579. The second-order valence-electron chi connectivity index (χ2n) is 5.84. The number of carbonyl (C=O) groups excluding carboxylic acids is 1. The van der Waals surface area contributed by atoms with Crippen LogP contribution in [0.25, 0.3) is 21.9 Å². The minimum atomic E-state index is -0.100. The first-order valence-corrected chi connectivity index (χ1v) is 7.75. The van der Waals surface area contributed by atoms with E-state index in [4.69, 9.17) is 8.94 Å². The molecule has 2 heterocycles. The van der Waals surface area contributed by atoms with Crippen molar-refractivity contribution >= 4 is 33.5 Å². The zero-order chi connectivity index (χ0) is 16.7. The molecule has 0 aliphatic carbocycles. The maximum absolute atomic E-state index is 12.3. The van der Waals surface area contributed by atoms with Crippen molar-refractivity contribution in [3.63, 3.8) is 0 Å². The van der Waals surface area contributed by atoms with Gasteiger partial charge in [-0.2, -0.15) is 0 Å². The number of nitrogens with zero attached hydrogens (tertiary/aromatic N) is 1. The van der Waals surface area contributed by atoms with Gasteiger partial charge in [0.2, 0.25) is 5.91 Å². The zero-order valence-electron chi connectivity index (χ0n) is 13.4. The third kappa shape index (κ3) is 2.44. The number of rotatable bonds is 3. The van der Waals surface area contributed by atoms with Crippen LogP contribution in [0, 0.1) is 13.8 Å². The van der Waals surface area contributed by atoms with E-state index in [1.807, 2.05) is 56.3 Å². The van der Waals surface area contributed by atoms with Gasteiger partial charge in [-0.15, -0.1) is 0 Å². The molecule has 0 saturated heterocycles. The van der Waals surface area contributed by atoms with Crippen LogP contribution in [0.3, 0.4) is 0 Å². The first kappa shape index (κ1) is 14.5. The van der Waals surface area contributed by atoms with E-state index in [1.54, 1.807) is 0 Å². The Balaban J connectivity index is 1.62. The number of anilines is 1. The predicted molar refractivity (Wildman–Crippen MR) is 92.0 cm³/mol. The lowest BCUT2D eigenvalue weighted by Crippen LogP contribution is -2.15. The van der Waals surface area contributed by atoms with Crippen molar-refractivity contribution in [2.24, 2.45) is 0 Å². The van der Waals surface area contributed by atoms with E-state index in [2.05, 4.69) is 10.5 Å². The number of benzene rings is 2. The van der Waals surface area contributed by atoms with Crippen LogP contribution in [0.5, 0.6) is 0 Å². The number of furan rings is 1. The van der Waals surface area contributed by atoms with Crippen LogP contribution < -0.4 is 5.32 Å². The summed E-state index contributed by atoms with van der Waals surface area (Å²) in [6, 6.07) is 13.5. The van der Waals surface area contributed by atoms with Gasteiger partial charge in [-0.3, -0.25) is 4.79 Å². The molecule has 0 atom stereocenters. The third-order valence-electron chi connectivity index (χ3n) is 4.18. The number of nitrogens with one attached hydrogen (secondary N) is 1. The van der Waals surface area contributed by atoms with Crippen LogP contribution in [-0.2, 0) is 11.2 Å². The number of carbonyl (C=O) groups is 1. The lowest BCUT2D eigenvalue weighted by atomic mass is 10.1. The molecule has 2 aromatic heterocycles. The Kier molecular flexibility index (Phi) is 3.34. The Morgan fingerprint density at radius 3 is 2.67 bits per heavy atom. The molecule has 0 unspecified atom stereocenters. The van der Waals surface area contributed by atoms with Crippen molar-refractivity contribution in [1.29, 1.82) is 0 Å². The summed E-state index contributed by atoms with van der Waals surface area (Å²) in [5.41, 5.74) is 3.97. The molecule has 5 nitrogen and oxygen atoms in total. The number of aromatic nitrogens is 1. The lowest BCUT2D eigenvalue weighted by molar-refractivity contribution is -0.115. The highest BCUT2D eigenvalue weighted by Crippen LogP contribution is 2.30. The molecule has 0 aliphatic rings. The summed E-state index contributed by atoms with van der Waals surface area (Å²) < 4.78 is 10.9. The Hall–Kier alpha value is -3.08. The normalized spacial score (nSPS) is 11.2. The van der Waals surface area contributed by atoms with Gasteiger partial charge in [0.1, 0.15) is 16.9 Å². The molecular formula is C19H16N2O3. The highest BCUT2D eigenvalue weighted by molar-refractivity contribution is 6.07. The van der Waals surface area contributed by atoms with Crippen molar-refractivity contribution in [2.45, 2.75) is 20.3 Å². The fourth-order valence-electron chi connectivity index (χ4n) is 2.92. The van der Waals surface area contributed by atoms with Gasteiger partial charge < -0.3 is 14.3 Å². The molecule has 4 rings (SSSR count). The van der Waals surface area contributed by atoms with E-state index >= 15 is 0 Å². The molecule has 1 amide bonds. The standard InChI is InChI=1S/C19H16N2O3/c1-11-15(12(2)24-21-11)10-19(22)20-13-7-8-18-16(9-13)14-5-3-4-6-17(14)23-18/h3-9H,10H2,1-2H3,(H,20,22). The second kappa shape index (κ2) is 5.53. The molecular weight excluding hydrogens is 304 g/mol. The zero-order valence-corrected chi connectivity index (χ0v) is 13.4. The summed E-state index contributed by atoms with van der Waals surface area (Å²) in [6.07, 6.45) is 0.241. The van der Waals surface area contributed by atoms with E-state index in [-0.39, 0.29) is 12.3 Å². The molecule has 0 fully saturated rings. The number of hydrogen-bond acceptors (Lipinski definition) is 4. The largest absolute Gasteiger partial charge is 0.456 e. The van der Waals surface area contributed by atoms with Gasteiger partial charge in [-0.1, -0.05) is 23.4 Å². The van der Waals surface area contributed by atoms with Gasteiger partial charge in [0, 0.05) is 22.0 Å². The number of amides is 1. The molecule has 0 spiro atoms. The smallest absolute Gasteiger partial charge is 0.228 e. The van der Waals surface area contributed by atoms with Crippen molar-refractivity contribution in [3.8, 4) is 0 Å². The minimum absolute atomic E-state index is 0.100. The average molecular weight is 320 g/mol. The number of para-hydroxylation sites is 1. The fourth-order valence-corrected chi connectivity index (χ4v) is 2.92. The molecule has 120 valence electrons. The molecule has 4 aromatic rings. The quantitative estimate of drug-likeness (QED) is 0.608. The van der Waals surface area contributed by atoms with E-state index in [9.17, 15) is 4.79 Å². The third-order valence-corrected chi connectivity index (χ3v) is 4.18. The van der Waals surface area contributed by atoms with Crippen LogP contribution in [0.2, 0.25) is 0 Å². The molecule has 0 radical (unpaired) electrons.